The molecule has 0 aromatic heterocycles. The second kappa shape index (κ2) is 8.89. The minimum absolute atomic E-state index is 0.000925. The lowest BCUT2D eigenvalue weighted by Crippen LogP contribution is -2.33. The molecule has 0 bridgehead atoms. The summed E-state index contributed by atoms with van der Waals surface area (Å²) in [4.78, 5) is 38.3. The molecule has 2 aromatic rings. The largest absolute Gasteiger partial charge is 0.481 e. The summed E-state index contributed by atoms with van der Waals surface area (Å²) in [7, 11) is 0. The van der Waals surface area contributed by atoms with Crippen LogP contribution < -0.4 is 0 Å². The van der Waals surface area contributed by atoms with Gasteiger partial charge in [0.15, 0.2) is 0 Å². The molecule has 7 heteroatoms. The number of aliphatic carboxylic acids is 1. The zero-order valence-electron chi connectivity index (χ0n) is 18.8. The first-order chi connectivity index (χ1) is 16.5. The first-order valence-electron chi connectivity index (χ1n) is 11.7. The minimum atomic E-state index is -1.06. The molecule has 5 rings (SSSR count). The standard InChI is InChI=1S/C27H26N2O5/c30-25-22-7-3-4-8-23(22)26(31)29(25)12-11-18(27(32)33)15-24(28-34)17-9-10-21-19(14-17)13-16-5-1-2-6-20(16)21/h3-4,7-10,14,18,34H,1-2,5-6,11-13,15H2,(H,32,33)/b28-24-. The molecule has 3 aliphatic rings. The van der Waals surface area contributed by atoms with Crippen molar-refractivity contribution in [2.75, 3.05) is 6.54 Å². The smallest absolute Gasteiger partial charge is 0.306 e. The minimum Gasteiger partial charge on any atom is -0.481 e. The van der Waals surface area contributed by atoms with E-state index in [1.165, 1.54) is 35.1 Å². The highest BCUT2D eigenvalue weighted by Crippen LogP contribution is 2.41. The van der Waals surface area contributed by atoms with Crippen molar-refractivity contribution in [1.82, 2.24) is 4.90 Å². The van der Waals surface area contributed by atoms with Gasteiger partial charge in [0, 0.05) is 13.0 Å². The molecule has 2 aliphatic carbocycles. The molecule has 7 nitrogen and oxygen atoms in total. The Morgan fingerprint density at radius 2 is 1.71 bits per heavy atom. The summed E-state index contributed by atoms with van der Waals surface area (Å²) in [5.41, 5.74) is 7.07. The predicted molar refractivity (Wildman–Crippen MR) is 126 cm³/mol. The Morgan fingerprint density at radius 3 is 2.38 bits per heavy atom. The van der Waals surface area contributed by atoms with Crippen LogP contribution in [0, 0.1) is 5.92 Å². The zero-order valence-corrected chi connectivity index (χ0v) is 18.8. The summed E-state index contributed by atoms with van der Waals surface area (Å²) in [6, 6.07) is 12.5. The van der Waals surface area contributed by atoms with Gasteiger partial charge in [0.2, 0.25) is 0 Å². The van der Waals surface area contributed by atoms with Crippen LogP contribution in [0.3, 0.4) is 0 Å². The number of benzene rings is 2. The SMILES string of the molecule is O=C(O)C(CCN1C(=O)c2ccccc2C1=O)C/C(=N/O)c1ccc2c(c1)CC1=C2CCCC1. The van der Waals surface area contributed by atoms with Crippen LogP contribution >= 0.6 is 0 Å². The molecule has 1 heterocycles. The highest BCUT2D eigenvalue weighted by Gasteiger charge is 2.36. The molecule has 0 saturated carbocycles. The molecule has 0 saturated heterocycles. The van der Waals surface area contributed by atoms with Gasteiger partial charge in [-0.15, -0.1) is 0 Å². The summed E-state index contributed by atoms with van der Waals surface area (Å²) in [6.07, 6.45) is 5.62. The van der Waals surface area contributed by atoms with Crippen LogP contribution in [-0.2, 0) is 11.2 Å². The average Bonchev–Trinajstić information content (AvgIpc) is 3.34. The molecule has 2 amide bonds. The summed E-state index contributed by atoms with van der Waals surface area (Å²) in [5, 5.41) is 23.0. The number of carbonyl (C=O) groups is 3. The fourth-order valence-electron chi connectivity index (χ4n) is 5.42. The van der Waals surface area contributed by atoms with Crippen molar-refractivity contribution in [3.63, 3.8) is 0 Å². The summed E-state index contributed by atoms with van der Waals surface area (Å²) in [5.74, 6) is -2.78. The van der Waals surface area contributed by atoms with Crippen LogP contribution in [0.2, 0.25) is 0 Å². The first kappa shape index (κ1) is 22.1. The normalized spacial score (nSPS) is 18.1. The number of fused-ring (bicyclic) bond motifs is 3. The lowest BCUT2D eigenvalue weighted by molar-refractivity contribution is -0.141. The second-order valence-corrected chi connectivity index (χ2v) is 9.22. The number of carboxylic acid groups (broad SMARTS) is 1. The Labute approximate surface area is 197 Å². The van der Waals surface area contributed by atoms with Crippen LogP contribution in [0.15, 0.2) is 53.2 Å². The van der Waals surface area contributed by atoms with Gasteiger partial charge < -0.3 is 10.3 Å². The van der Waals surface area contributed by atoms with Crippen molar-refractivity contribution in [2.24, 2.45) is 11.1 Å². The van der Waals surface area contributed by atoms with Crippen molar-refractivity contribution in [2.45, 2.75) is 44.9 Å². The third-order valence-corrected chi connectivity index (χ3v) is 7.24. The van der Waals surface area contributed by atoms with E-state index < -0.39 is 23.7 Å². The zero-order chi connectivity index (χ0) is 23.8. The van der Waals surface area contributed by atoms with Crippen LogP contribution in [0.25, 0.3) is 5.57 Å². The highest BCUT2D eigenvalue weighted by atomic mass is 16.4. The highest BCUT2D eigenvalue weighted by molar-refractivity contribution is 6.21. The Kier molecular flexibility index (Phi) is 5.77. The maximum Gasteiger partial charge on any atom is 0.306 e. The van der Waals surface area contributed by atoms with Crippen molar-refractivity contribution >= 4 is 29.1 Å². The van der Waals surface area contributed by atoms with Gasteiger partial charge in [-0.1, -0.05) is 35.0 Å². The Morgan fingerprint density at radius 1 is 1.00 bits per heavy atom. The summed E-state index contributed by atoms with van der Waals surface area (Å²) < 4.78 is 0. The van der Waals surface area contributed by atoms with Gasteiger partial charge in [-0.25, -0.2) is 0 Å². The average molecular weight is 459 g/mol. The quantitative estimate of drug-likeness (QED) is 0.274. The Balaban J connectivity index is 1.29. The van der Waals surface area contributed by atoms with Gasteiger partial charge in [-0.2, -0.15) is 0 Å². The number of hydrogen-bond donors (Lipinski definition) is 2. The topological polar surface area (TPSA) is 107 Å². The number of hydrogen-bond acceptors (Lipinski definition) is 5. The third kappa shape index (κ3) is 3.81. The molecule has 1 atom stereocenters. The summed E-state index contributed by atoms with van der Waals surface area (Å²) >= 11 is 0. The van der Waals surface area contributed by atoms with E-state index in [-0.39, 0.29) is 19.4 Å². The van der Waals surface area contributed by atoms with Gasteiger partial charge in [-0.3, -0.25) is 19.3 Å². The summed E-state index contributed by atoms with van der Waals surface area (Å²) in [6.45, 7) is -0.0111. The number of carbonyl (C=O) groups excluding carboxylic acids is 2. The van der Waals surface area contributed by atoms with Gasteiger partial charge in [0.25, 0.3) is 11.8 Å². The molecule has 2 aromatic carbocycles. The molecular weight excluding hydrogens is 432 g/mol. The molecule has 174 valence electrons. The van der Waals surface area contributed by atoms with E-state index in [0.29, 0.717) is 22.4 Å². The molecule has 0 spiro atoms. The molecule has 34 heavy (non-hydrogen) atoms. The van der Waals surface area contributed by atoms with E-state index in [0.717, 1.165) is 24.2 Å². The lowest BCUT2D eigenvalue weighted by atomic mass is 9.91. The number of allylic oxidation sites excluding steroid dienone is 2. The van der Waals surface area contributed by atoms with E-state index in [9.17, 15) is 24.7 Å². The van der Waals surface area contributed by atoms with Gasteiger partial charge >= 0.3 is 5.97 Å². The van der Waals surface area contributed by atoms with Crippen LogP contribution in [0.1, 0.15) is 75.9 Å². The molecule has 0 radical (unpaired) electrons. The van der Waals surface area contributed by atoms with E-state index in [1.54, 1.807) is 24.3 Å². The van der Waals surface area contributed by atoms with E-state index in [1.807, 2.05) is 12.1 Å². The number of oxime groups is 1. The van der Waals surface area contributed by atoms with Crippen LogP contribution in [-0.4, -0.2) is 45.3 Å². The van der Waals surface area contributed by atoms with Crippen molar-refractivity contribution in [1.29, 1.82) is 0 Å². The predicted octanol–water partition coefficient (Wildman–Crippen LogP) is 4.53. The molecule has 0 fully saturated rings. The monoisotopic (exact) mass is 458 g/mol. The van der Waals surface area contributed by atoms with E-state index in [4.69, 9.17) is 0 Å². The first-order valence-corrected chi connectivity index (χ1v) is 11.7. The second-order valence-electron chi connectivity index (χ2n) is 9.22. The van der Waals surface area contributed by atoms with Crippen LogP contribution in [0.5, 0.6) is 0 Å². The Hall–Kier alpha value is -3.74. The van der Waals surface area contributed by atoms with Crippen molar-refractivity contribution in [3.8, 4) is 0 Å². The van der Waals surface area contributed by atoms with Crippen LogP contribution in [0.4, 0.5) is 0 Å². The van der Waals surface area contributed by atoms with Crippen molar-refractivity contribution in [3.05, 3.63) is 75.9 Å². The van der Waals surface area contributed by atoms with Gasteiger partial charge in [-0.05, 0) is 79.0 Å². The van der Waals surface area contributed by atoms with Gasteiger partial charge in [0.1, 0.15) is 0 Å². The number of carboxylic acids is 1. The third-order valence-electron chi connectivity index (χ3n) is 7.24. The fraction of sp³-hybridized carbons (Fsp3) is 0.333. The maximum absolute atomic E-state index is 12.6. The Bertz CT molecular complexity index is 1220. The molecule has 1 unspecified atom stereocenters. The molecule has 2 N–H and O–H groups in total. The number of nitrogens with zero attached hydrogens (tertiary/aromatic N) is 2. The van der Waals surface area contributed by atoms with Gasteiger partial charge in [0.05, 0.1) is 22.8 Å². The molecule has 1 aliphatic heterocycles. The van der Waals surface area contributed by atoms with E-state index in [2.05, 4.69) is 11.2 Å². The number of amides is 2. The number of rotatable bonds is 7. The number of imide groups is 1. The molecular formula is C27H26N2O5. The maximum atomic E-state index is 12.6. The lowest BCUT2D eigenvalue weighted by Gasteiger charge is -2.18. The van der Waals surface area contributed by atoms with Crippen molar-refractivity contribution < 1.29 is 24.7 Å². The van der Waals surface area contributed by atoms with E-state index >= 15 is 0 Å². The fourth-order valence-corrected chi connectivity index (χ4v) is 5.42.